The molecule has 2 nitrogen and oxygen atoms in total. The van der Waals surface area contributed by atoms with Gasteiger partial charge >= 0.3 is 0 Å². The lowest BCUT2D eigenvalue weighted by molar-refractivity contribution is 0.100. The van der Waals surface area contributed by atoms with Crippen LogP contribution in [-0.2, 0) is 4.74 Å². The van der Waals surface area contributed by atoms with Crippen LogP contribution in [0.3, 0.4) is 0 Å². The predicted molar refractivity (Wildman–Crippen MR) is 56.4 cm³/mol. The standard InChI is InChI=1S/C9H18BrNO/c1-4-9(11,5-2)7-12-6-8(3)10/h3-7,11H2,1-2H3. The van der Waals surface area contributed by atoms with Crippen LogP contribution in [0.2, 0.25) is 0 Å². The molecule has 2 N–H and O–H groups in total. The highest BCUT2D eigenvalue weighted by Crippen LogP contribution is 2.12. The summed E-state index contributed by atoms with van der Waals surface area (Å²) >= 11 is 3.23. The highest BCUT2D eigenvalue weighted by Gasteiger charge is 2.19. The van der Waals surface area contributed by atoms with Gasteiger partial charge < -0.3 is 10.5 Å². The van der Waals surface area contributed by atoms with Gasteiger partial charge in [-0.25, -0.2) is 0 Å². The smallest absolute Gasteiger partial charge is 0.0776 e. The van der Waals surface area contributed by atoms with Crippen molar-refractivity contribution in [3.63, 3.8) is 0 Å². The molecule has 0 heterocycles. The highest BCUT2D eigenvalue weighted by molar-refractivity contribution is 9.11. The molecule has 0 saturated carbocycles. The summed E-state index contributed by atoms with van der Waals surface area (Å²) in [5.74, 6) is 0. The van der Waals surface area contributed by atoms with Crippen LogP contribution in [0, 0.1) is 0 Å². The minimum atomic E-state index is -0.164. The summed E-state index contributed by atoms with van der Waals surface area (Å²) in [6.45, 7) is 8.98. The lowest BCUT2D eigenvalue weighted by Gasteiger charge is -2.26. The Kier molecular flexibility index (Phi) is 5.80. The molecule has 0 atom stereocenters. The van der Waals surface area contributed by atoms with Gasteiger partial charge in [0, 0.05) is 10.0 Å². The molecule has 0 aliphatic carbocycles. The molecule has 0 aromatic rings. The van der Waals surface area contributed by atoms with Crippen LogP contribution >= 0.6 is 15.9 Å². The van der Waals surface area contributed by atoms with E-state index in [9.17, 15) is 0 Å². The molecule has 0 amide bonds. The average Bonchev–Trinajstić information content (AvgIpc) is 2.03. The van der Waals surface area contributed by atoms with Gasteiger partial charge in [-0.3, -0.25) is 0 Å². The van der Waals surface area contributed by atoms with E-state index in [0.29, 0.717) is 13.2 Å². The van der Waals surface area contributed by atoms with Crippen LogP contribution in [0.25, 0.3) is 0 Å². The molecule has 12 heavy (non-hydrogen) atoms. The van der Waals surface area contributed by atoms with Crippen molar-refractivity contribution < 1.29 is 4.74 Å². The fourth-order valence-corrected chi connectivity index (χ4v) is 0.981. The van der Waals surface area contributed by atoms with E-state index in [1.165, 1.54) is 0 Å². The zero-order chi connectivity index (χ0) is 9.61. The first-order valence-corrected chi connectivity index (χ1v) is 5.03. The first-order valence-electron chi connectivity index (χ1n) is 4.24. The maximum absolute atomic E-state index is 6.01. The van der Waals surface area contributed by atoms with Crippen molar-refractivity contribution in [3.8, 4) is 0 Å². The molecular weight excluding hydrogens is 218 g/mol. The molecule has 0 aromatic carbocycles. The van der Waals surface area contributed by atoms with Crippen LogP contribution < -0.4 is 5.73 Å². The van der Waals surface area contributed by atoms with Gasteiger partial charge in [0.1, 0.15) is 0 Å². The minimum absolute atomic E-state index is 0.164. The summed E-state index contributed by atoms with van der Waals surface area (Å²) in [4.78, 5) is 0. The van der Waals surface area contributed by atoms with Gasteiger partial charge in [-0.15, -0.1) is 0 Å². The van der Waals surface area contributed by atoms with Crippen LogP contribution in [-0.4, -0.2) is 18.8 Å². The summed E-state index contributed by atoms with van der Waals surface area (Å²) in [7, 11) is 0. The third kappa shape index (κ3) is 4.91. The zero-order valence-corrected chi connectivity index (χ0v) is 9.49. The highest BCUT2D eigenvalue weighted by atomic mass is 79.9. The zero-order valence-electron chi connectivity index (χ0n) is 7.90. The molecule has 0 rings (SSSR count). The molecule has 0 aromatic heterocycles. The predicted octanol–water partition coefficient (Wildman–Crippen LogP) is 2.43. The maximum Gasteiger partial charge on any atom is 0.0776 e. The lowest BCUT2D eigenvalue weighted by atomic mass is 9.96. The maximum atomic E-state index is 6.01. The fourth-order valence-electron chi connectivity index (χ4n) is 0.819. The third-order valence-electron chi connectivity index (χ3n) is 2.06. The van der Waals surface area contributed by atoms with Crippen molar-refractivity contribution in [3.05, 3.63) is 11.1 Å². The average molecular weight is 236 g/mol. The van der Waals surface area contributed by atoms with Crippen LogP contribution in [0.1, 0.15) is 26.7 Å². The van der Waals surface area contributed by atoms with Gasteiger partial charge in [0.25, 0.3) is 0 Å². The van der Waals surface area contributed by atoms with E-state index in [4.69, 9.17) is 10.5 Å². The number of nitrogens with two attached hydrogens (primary N) is 1. The number of halogens is 1. The van der Waals surface area contributed by atoms with E-state index in [2.05, 4.69) is 36.4 Å². The molecule has 72 valence electrons. The Bertz CT molecular complexity index is 143. The van der Waals surface area contributed by atoms with E-state index in [1.807, 2.05) is 0 Å². The van der Waals surface area contributed by atoms with E-state index >= 15 is 0 Å². The molecule has 0 bridgehead atoms. The van der Waals surface area contributed by atoms with Crippen molar-refractivity contribution >= 4 is 15.9 Å². The lowest BCUT2D eigenvalue weighted by Crippen LogP contribution is -2.43. The van der Waals surface area contributed by atoms with Gasteiger partial charge in [-0.05, 0) is 12.8 Å². The Labute approximate surface area is 83.3 Å². The second-order valence-corrected chi connectivity index (χ2v) is 4.20. The summed E-state index contributed by atoms with van der Waals surface area (Å²) in [6, 6.07) is 0. The SMILES string of the molecule is C=C(Br)COCC(N)(CC)CC. The topological polar surface area (TPSA) is 35.2 Å². The van der Waals surface area contributed by atoms with Crippen molar-refractivity contribution in [2.45, 2.75) is 32.2 Å². The summed E-state index contributed by atoms with van der Waals surface area (Å²) in [5.41, 5.74) is 5.85. The number of ether oxygens (including phenoxy) is 1. The second-order valence-electron chi connectivity index (χ2n) is 3.08. The van der Waals surface area contributed by atoms with Gasteiger partial charge in [-0.2, -0.15) is 0 Å². The van der Waals surface area contributed by atoms with Crippen molar-refractivity contribution in [2.75, 3.05) is 13.2 Å². The first kappa shape index (κ1) is 12.1. The van der Waals surface area contributed by atoms with Crippen LogP contribution in [0.4, 0.5) is 0 Å². The molecule has 0 aliphatic heterocycles. The summed E-state index contributed by atoms with van der Waals surface area (Å²) in [6.07, 6.45) is 1.89. The third-order valence-corrected chi connectivity index (χ3v) is 2.29. The quantitative estimate of drug-likeness (QED) is 0.768. The van der Waals surface area contributed by atoms with E-state index in [-0.39, 0.29) is 5.54 Å². The molecular formula is C9H18BrNO. The second kappa shape index (κ2) is 5.73. The number of hydrogen-bond acceptors (Lipinski definition) is 2. The Balaban J connectivity index is 3.65. The Hall–Kier alpha value is 0.140. The van der Waals surface area contributed by atoms with Gasteiger partial charge in [0.2, 0.25) is 0 Å². The van der Waals surface area contributed by atoms with Crippen molar-refractivity contribution in [1.29, 1.82) is 0 Å². The minimum Gasteiger partial charge on any atom is -0.374 e. The van der Waals surface area contributed by atoms with Gasteiger partial charge in [0.15, 0.2) is 0 Å². The van der Waals surface area contributed by atoms with Gasteiger partial charge in [-0.1, -0.05) is 36.4 Å². The largest absolute Gasteiger partial charge is 0.374 e. The Morgan fingerprint density at radius 1 is 1.50 bits per heavy atom. The van der Waals surface area contributed by atoms with Crippen LogP contribution in [0.15, 0.2) is 11.1 Å². The van der Waals surface area contributed by atoms with Crippen molar-refractivity contribution in [1.82, 2.24) is 0 Å². The molecule has 3 heteroatoms. The summed E-state index contributed by atoms with van der Waals surface area (Å²) in [5, 5.41) is 0. The van der Waals surface area contributed by atoms with Gasteiger partial charge in [0.05, 0.1) is 13.2 Å². The Morgan fingerprint density at radius 2 is 2.00 bits per heavy atom. The summed E-state index contributed by atoms with van der Waals surface area (Å²) < 4.78 is 6.23. The number of rotatable bonds is 6. The van der Waals surface area contributed by atoms with Crippen molar-refractivity contribution in [2.24, 2.45) is 5.73 Å². The fraction of sp³-hybridized carbons (Fsp3) is 0.778. The molecule has 0 radical (unpaired) electrons. The normalized spacial score (nSPS) is 11.7. The molecule has 0 saturated heterocycles. The van der Waals surface area contributed by atoms with Crippen LogP contribution in [0.5, 0.6) is 0 Å². The molecule has 0 unspecified atom stereocenters. The van der Waals surface area contributed by atoms with E-state index in [1.54, 1.807) is 0 Å². The van der Waals surface area contributed by atoms with E-state index < -0.39 is 0 Å². The monoisotopic (exact) mass is 235 g/mol. The Morgan fingerprint density at radius 3 is 2.33 bits per heavy atom. The first-order chi connectivity index (χ1) is 5.54. The molecule has 0 spiro atoms. The van der Waals surface area contributed by atoms with E-state index in [0.717, 1.165) is 17.3 Å². The molecule has 0 aliphatic rings. The molecule has 0 fully saturated rings. The number of hydrogen-bond donors (Lipinski definition) is 1.